The maximum atomic E-state index is 11.9. The molecule has 3 N–H and O–H groups in total. The predicted octanol–water partition coefficient (Wildman–Crippen LogP) is 1.32. The van der Waals surface area contributed by atoms with Gasteiger partial charge in [0.1, 0.15) is 0 Å². The number of anilines is 1. The van der Waals surface area contributed by atoms with E-state index in [1.807, 2.05) is 6.20 Å². The summed E-state index contributed by atoms with van der Waals surface area (Å²) in [5, 5.41) is 10.1. The van der Waals surface area contributed by atoms with E-state index in [0.29, 0.717) is 17.6 Å². The zero-order valence-corrected chi connectivity index (χ0v) is 13.6. The van der Waals surface area contributed by atoms with Crippen LogP contribution in [0.4, 0.5) is 5.13 Å². The topological polar surface area (TPSA) is 75.3 Å². The summed E-state index contributed by atoms with van der Waals surface area (Å²) in [6.07, 6.45) is 6.68. The van der Waals surface area contributed by atoms with E-state index >= 15 is 0 Å². The molecular weight excluding hydrogens is 300 g/mol. The van der Waals surface area contributed by atoms with Crippen LogP contribution >= 0.6 is 11.3 Å². The van der Waals surface area contributed by atoms with Gasteiger partial charge in [-0.25, -0.2) is 4.98 Å². The van der Waals surface area contributed by atoms with Gasteiger partial charge in [0.15, 0.2) is 5.13 Å². The van der Waals surface area contributed by atoms with Crippen molar-refractivity contribution in [3.63, 3.8) is 0 Å². The molecule has 2 aliphatic rings. The number of piperidine rings is 1. The summed E-state index contributed by atoms with van der Waals surface area (Å²) in [6.45, 7) is 4.03. The van der Waals surface area contributed by atoms with Crippen LogP contribution in [0.15, 0.2) is 6.20 Å². The highest BCUT2D eigenvalue weighted by molar-refractivity contribution is 7.15. The maximum Gasteiger partial charge on any atom is 0.240 e. The number of nitrogens with zero attached hydrogens (tertiary/aromatic N) is 1. The molecule has 0 spiro atoms. The third kappa shape index (κ3) is 4.49. The first-order valence-electron chi connectivity index (χ1n) is 8.10. The van der Waals surface area contributed by atoms with Crippen LogP contribution in [-0.2, 0) is 9.53 Å². The van der Waals surface area contributed by atoms with Gasteiger partial charge in [0, 0.05) is 24.2 Å². The quantitative estimate of drug-likeness (QED) is 0.736. The van der Waals surface area contributed by atoms with Crippen molar-refractivity contribution in [3.05, 3.63) is 11.1 Å². The SMILES string of the molecule is O=C(CNCC1CCCO1)Nc1ncc(C2CCNCC2)s1. The zero-order chi connectivity index (χ0) is 15.2. The summed E-state index contributed by atoms with van der Waals surface area (Å²) in [4.78, 5) is 17.5. The predicted molar refractivity (Wildman–Crippen MR) is 87.4 cm³/mol. The molecule has 3 heterocycles. The number of hydrogen-bond acceptors (Lipinski definition) is 6. The number of carbonyl (C=O) groups excluding carboxylic acids is 1. The minimum Gasteiger partial charge on any atom is -0.377 e. The van der Waals surface area contributed by atoms with Gasteiger partial charge in [-0.2, -0.15) is 0 Å². The van der Waals surface area contributed by atoms with Crippen molar-refractivity contribution in [1.82, 2.24) is 15.6 Å². The van der Waals surface area contributed by atoms with Crippen molar-refractivity contribution in [1.29, 1.82) is 0 Å². The van der Waals surface area contributed by atoms with E-state index in [9.17, 15) is 4.79 Å². The van der Waals surface area contributed by atoms with Crippen LogP contribution < -0.4 is 16.0 Å². The lowest BCUT2D eigenvalue weighted by atomic mass is 9.97. The molecule has 2 aliphatic heterocycles. The minimum absolute atomic E-state index is 0.0378. The Morgan fingerprint density at radius 3 is 3.05 bits per heavy atom. The van der Waals surface area contributed by atoms with E-state index in [0.717, 1.165) is 51.9 Å². The molecule has 0 aliphatic carbocycles. The fourth-order valence-corrected chi connectivity index (χ4v) is 3.96. The Morgan fingerprint density at radius 1 is 1.41 bits per heavy atom. The number of nitrogens with one attached hydrogen (secondary N) is 3. The van der Waals surface area contributed by atoms with Crippen molar-refractivity contribution in [2.75, 3.05) is 38.1 Å². The normalized spacial score (nSPS) is 22.8. The molecule has 3 rings (SSSR count). The Labute approximate surface area is 135 Å². The number of aromatic nitrogens is 1. The van der Waals surface area contributed by atoms with Gasteiger partial charge in [-0.05, 0) is 44.7 Å². The monoisotopic (exact) mass is 324 g/mol. The van der Waals surface area contributed by atoms with E-state index in [1.165, 1.54) is 4.88 Å². The van der Waals surface area contributed by atoms with E-state index in [4.69, 9.17) is 4.74 Å². The van der Waals surface area contributed by atoms with Gasteiger partial charge in [0.05, 0.1) is 12.6 Å². The maximum absolute atomic E-state index is 11.9. The summed E-state index contributed by atoms with van der Waals surface area (Å²) in [6, 6.07) is 0. The van der Waals surface area contributed by atoms with Crippen LogP contribution in [-0.4, -0.2) is 49.8 Å². The standard InChI is InChI=1S/C15H24N4O2S/c20-14(10-17-8-12-2-1-7-21-12)19-15-18-9-13(22-15)11-3-5-16-6-4-11/h9,11-12,16-17H,1-8,10H2,(H,18,19,20). The van der Waals surface area contributed by atoms with Gasteiger partial charge < -0.3 is 20.7 Å². The summed E-state index contributed by atoms with van der Waals surface area (Å²) in [5.41, 5.74) is 0. The summed E-state index contributed by atoms with van der Waals surface area (Å²) < 4.78 is 5.51. The van der Waals surface area contributed by atoms with Gasteiger partial charge in [0.25, 0.3) is 0 Å². The molecule has 22 heavy (non-hydrogen) atoms. The van der Waals surface area contributed by atoms with Crippen LogP contribution in [0.5, 0.6) is 0 Å². The molecule has 0 aromatic carbocycles. The molecular formula is C15H24N4O2S. The average molecular weight is 324 g/mol. The number of carbonyl (C=O) groups is 1. The number of rotatable bonds is 6. The lowest BCUT2D eigenvalue weighted by molar-refractivity contribution is -0.115. The Bertz CT molecular complexity index is 482. The highest BCUT2D eigenvalue weighted by atomic mass is 32.1. The Morgan fingerprint density at radius 2 is 2.27 bits per heavy atom. The van der Waals surface area contributed by atoms with Crippen LogP contribution in [0.3, 0.4) is 0 Å². The summed E-state index contributed by atoms with van der Waals surface area (Å²) in [5.74, 6) is 0.547. The Hall–Kier alpha value is -1.02. The number of ether oxygens (including phenoxy) is 1. The van der Waals surface area contributed by atoms with Crippen molar-refractivity contribution in [2.24, 2.45) is 0 Å². The van der Waals surface area contributed by atoms with Gasteiger partial charge >= 0.3 is 0 Å². The second-order valence-corrected chi connectivity index (χ2v) is 6.97. The second kappa shape index (κ2) is 8.01. The smallest absolute Gasteiger partial charge is 0.240 e. The van der Waals surface area contributed by atoms with Gasteiger partial charge in [0.2, 0.25) is 5.91 Å². The first-order valence-corrected chi connectivity index (χ1v) is 8.91. The van der Waals surface area contributed by atoms with Crippen molar-refractivity contribution < 1.29 is 9.53 Å². The van der Waals surface area contributed by atoms with Crippen LogP contribution in [0, 0.1) is 0 Å². The molecule has 0 bridgehead atoms. The highest BCUT2D eigenvalue weighted by Crippen LogP contribution is 2.31. The van der Waals surface area contributed by atoms with Crippen molar-refractivity contribution >= 4 is 22.4 Å². The fourth-order valence-electron chi connectivity index (χ4n) is 2.96. The molecule has 0 radical (unpaired) electrons. The Balaban J connectivity index is 1.40. The van der Waals surface area contributed by atoms with Gasteiger partial charge in [-0.1, -0.05) is 0 Å². The zero-order valence-electron chi connectivity index (χ0n) is 12.8. The molecule has 2 fully saturated rings. The largest absolute Gasteiger partial charge is 0.377 e. The van der Waals surface area contributed by atoms with Crippen LogP contribution in [0.1, 0.15) is 36.5 Å². The number of amides is 1. The van der Waals surface area contributed by atoms with Crippen molar-refractivity contribution in [3.8, 4) is 0 Å². The molecule has 2 saturated heterocycles. The summed E-state index contributed by atoms with van der Waals surface area (Å²) >= 11 is 1.60. The van der Waals surface area contributed by atoms with E-state index in [-0.39, 0.29) is 12.0 Å². The van der Waals surface area contributed by atoms with Crippen LogP contribution in [0.25, 0.3) is 0 Å². The molecule has 1 aromatic rings. The lowest BCUT2D eigenvalue weighted by Crippen LogP contribution is -2.33. The molecule has 0 saturated carbocycles. The molecule has 122 valence electrons. The van der Waals surface area contributed by atoms with Gasteiger partial charge in [-0.15, -0.1) is 11.3 Å². The Kier molecular flexibility index (Phi) is 5.77. The number of thiazole rings is 1. The minimum atomic E-state index is -0.0378. The number of hydrogen-bond donors (Lipinski definition) is 3. The first kappa shape index (κ1) is 15.9. The molecule has 6 nitrogen and oxygen atoms in total. The summed E-state index contributed by atoms with van der Waals surface area (Å²) in [7, 11) is 0. The molecule has 1 atom stereocenters. The molecule has 7 heteroatoms. The average Bonchev–Trinajstić information content (AvgIpc) is 3.20. The fraction of sp³-hybridized carbons (Fsp3) is 0.733. The third-order valence-electron chi connectivity index (χ3n) is 4.19. The van der Waals surface area contributed by atoms with Crippen molar-refractivity contribution in [2.45, 2.75) is 37.7 Å². The lowest BCUT2D eigenvalue weighted by Gasteiger charge is -2.20. The molecule has 1 aromatic heterocycles. The first-order chi connectivity index (χ1) is 10.8. The van der Waals surface area contributed by atoms with Crippen LogP contribution in [0.2, 0.25) is 0 Å². The second-order valence-electron chi connectivity index (χ2n) is 5.91. The van der Waals surface area contributed by atoms with Gasteiger partial charge in [-0.3, -0.25) is 4.79 Å². The van der Waals surface area contributed by atoms with E-state index in [1.54, 1.807) is 11.3 Å². The molecule has 1 amide bonds. The molecule has 1 unspecified atom stereocenters. The highest BCUT2D eigenvalue weighted by Gasteiger charge is 2.18. The van der Waals surface area contributed by atoms with E-state index < -0.39 is 0 Å². The van der Waals surface area contributed by atoms with E-state index in [2.05, 4.69) is 20.9 Å². The third-order valence-corrected chi connectivity index (χ3v) is 5.27.